The number of amides is 3. The Bertz CT molecular complexity index is 927. The van der Waals surface area contributed by atoms with Crippen LogP contribution in [0, 0.1) is 10.1 Å². The number of benzene rings is 2. The van der Waals surface area contributed by atoms with E-state index in [-0.39, 0.29) is 28.9 Å². The number of nitrogens with zero attached hydrogens (tertiary/aromatic N) is 2. The van der Waals surface area contributed by atoms with Crippen molar-refractivity contribution >= 4 is 40.9 Å². The molecule has 1 heterocycles. The highest BCUT2D eigenvalue weighted by atomic mass is 32.2. The van der Waals surface area contributed by atoms with E-state index in [1.54, 1.807) is 24.3 Å². The van der Waals surface area contributed by atoms with Crippen LogP contribution in [0.25, 0.3) is 0 Å². The Labute approximate surface area is 165 Å². The van der Waals surface area contributed by atoms with Crippen LogP contribution in [0.5, 0.6) is 0 Å². The van der Waals surface area contributed by atoms with Crippen molar-refractivity contribution in [3.63, 3.8) is 0 Å². The molecule has 3 rings (SSSR count). The highest BCUT2D eigenvalue weighted by Crippen LogP contribution is 2.27. The lowest BCUT2D eigenvalue weighted by atomic mass is 10.1. The van der Waals surface area contributed by atoms with E-state index in [1.165, 1.54) is 36.0 Å². The lowest BCUT2D eigenvalue weighted by Gasteiger charge is -2.25. The summed E-state index contributed by atoms with van der Waals surface area (Å²) in [5.74, 6) is -1.04. The fourth-order valence-electron chi connectivity index (χ4n) is 3.02. The van der Waals surface area contributed by atoms with Crippen molar-refractivity contribution in [3.05, 3.63) is 69.8 Å². The topological polar surface area (TPSA) is 110 Å². The molecule has 1 aliphatic rings. The van der Waals surface area contributed by atoms with Crippen LogP contribution in [0.3, 0.4) is 0 Å². The van der Waals surface area contributed by atoms with Gasteiger partial charge in [0.25, 0.3) is 17.5 Å². The Kier molecular flexibility index (Phi) is 5.74. The number of nitrogens with one attached hydrogen (secondary N) is 1. The summed E-state index contributed by atoms with van der Waals surface area (Å²) in [6.07, 6.45) is 2.13. The van der Waals surface area contributed by atoms with Gasteiger partial charge >= 0.3 is 0 Å². The van der Waals surface area contributed by atoms with E-state index in [0.717, 1.165) is 4.90 Å². The molecule has 0 fully saturated rings. The highest BCUT2D eigenvalue weighted by molar-refractivity contribution is 7.98. The van der Waals surface area contributed by atoms with Gasteiger partial charge in [0, 0.05) is 17.8 Å². The SMILES string of the molecule is CSCC[C@@H](C(=O)Nc1cccc([N+](=O)[O-])c1)N1C(=O)c2ccccc2C1=O. The molecule has 0 bridgehead atoms. The minimum absolute atomic E-state index is 0.167. The second-order valence-corrected chi connectivity index (χ2v) is 7.11. The van der Waals surface area contributed by atoms with Gasteiger partial charge in [0.2, 0.25) is 5.91 Å². The molecule has 144 valence electrons. The van der Waals surface area contributed by atoms with Gasteiger partial charge in [-0.3, -0.25) is 29.4 Å². The van der Waals surface area contributed by atoms with E-state index >= 15 is 0 Å². The Hall–Kier alpha value is -3.20. The number of carbonyl (C=O) groups is 3. The molecule has 3 amide bonds. The van der Waals surface area contributed by atoms with Gasteiger partial charge in [-0.2, -0.15) is 11.8 Å². The molecule has 2 aromatic rings. The highest BCUT2D eigenvalue weighted by Gasteiger charge is 2.42. The number of nitro groups is 1. The first kappa shape index (κ1) is 19.6. The van der Waals surface area contributed by atoms with Gasteiger partial charge in [-0.1, -0.05) is 18.2 Å². The third kappa shape index (κ3) is 3.74. The van der Waals surface area contributed by atoms with Gasteiger partial charge in [-0.25, -0.2) is 0 Å². The largest absolute Gasteiger partial charge is 0.324 e. The molecule has 28 heavy (non-hydrogen) atoms. The summed E-state index contributed by atoms with van der Waals surface area (Å²) < 4.78 is 0. The van der Waals surface area contributed by atoms with Crippen LogP contribution >= 0.6 is 11.8 Å². The average molecular weight is 399 g/mol. The number of thioether (sulfide) groups is 1. The second kappa shape index (κ2) is 8.22. The maximum Gasteiger partial charge on any atom is 0.271 e. The second-order valence-electron chi connectivity index (χ2n) is 6.12. The molecule has 0 aliphatic carbocycles. The first-order chi connectivity index (χ1) is 13.4. The fourth-order valence-corrected chi connectivity index (χ4v) is 3.48. The van der Waals surface area contributed by atoms with Gasteiger partial charge < -0.3 is 5.32 Å². The van der Waals surface area contributed by atoms with Gasteiger partial charge in [-0.15, -0.1) is 0 Å². The van der Waals surface area contributed by atoms with Crippen LogP contribution in [0.1, 0.15) is 27.1 Å². The lowest BCUT2D eigenvalue weighted by Crippen LogP contribution is -2.47. The monoisotopic (exact) mass is 399 g/mol. The fraction of sp³-hybridized carbons (Fsp3) is 0.211. The number of nitro benzene ring substituents is 1. The number of anilines is 1. The Morgan fingerprint density at radius 1 is 1.14 bits per heavy atom. The van der Waals surface area contributed by atoms with Crippen molar-refractivity contribution in [1.29, 1.82) is 0 Å². The third-order valence-corrected chi connectivity index (χ3v) is 5.00. The molecule has 8 nitrogen and oxygen atoms in total. The standard InChI is InChI=1S/C19H17N3O5S/c1-28-10-9-16(17(23)20-12-5-4-6-13(11-12)22(26)27)21-18(24)14-7-2-3-8-15(14)19(21)25/h2-8,11,16H,9-10H2,1H3,(H,20,23)/t16-/m0/s1. The first-order valence-electron chi connectivity index (χ1n) is 8.45. The summed E-state index contributed by atoms with van der Waals surface area (Å²) in [6.45, 7) is 0. The number of carbonyl (C=O) groups excluding carboxylic acids is 3. The molecule has 2 aromatic carbocycles. The van der Waals surface area contributed by atoms with Crippen LogP contribution in [0.15, 0.2) is 48.5 Å². The zero-order valence-electron chi connectivity index (χ0n) is 15.0. The summed E-state index contributed by atoms with van der Waals surface area (Å²) in [5, 5.41) is 13.5. The van der Waals surface area contributed by atoms with Crippen molar-refractivity contribution < 1.29 is 19.3 Å². The number of rotatable bonds is 7. The molecule has 0 spiro atoms. The number of fused-ring (bicyclic) bond motifs is 1. The molecule has 1 N–H and O–H groups in total. The summed E-state index contributed by atoms with van der Waals surface area (Å²) in [5.41, 5.74) is 0.596. The van der Waals surface area contributed by atoms with E-state index in [9.17, 15) is 24.5 Å². The molecule has 0 saturated carbocycles. The van der Waals surface area contributed by atoms with E-state index in [0.29, 0.717) is 5.75 Å². The van der Waals surface area contributed by atoms with Gasteiger partial charge in [0.1, 0.15) is 6.04 Å². The molecule has 1 aliphatic heterocycles. The Morgan fingerprint density at radius 2 is 1.79 bits per heavy atom. The molecular formula is C19H17N3O5S. The number of hydrogen-bond donors (Lipinski definition) is 1. The van der Waals surface area contributed by atoms with E-state index < -0.39 is 28.7 Å². The maximum atomic E-state index is 12.9. The van der Waals surface area contributed by atoms with Gasteiger partial charge in [0.15, 0.2) is 0 Å². The Balaban J connectivity index is 1.87. The quantitative estimate of drug-likeness (QED) is 0.435. The summed E-state index contributed by atoms with van der Waals surface area (Å²) >= 11 is 1.49. The van der Waals surface area contributed by atoms with Crippen LogP contribution in [-0.2, 0) is 4.79 Å². The number of non-ortho nitro benzene ring substituents is 1. The predicted octanol–water partition coefficient (Wildman–Crippen LogP) is 2.95. The average Bonchev–Trinajstić information content (AvgIpc) is 2.94. The van der Waals surface area contributed by atoms with Gasteiger partial charge in [0.05, 0.1) is 16.1 Å². The first-order valence-corrected chi connectivity index (χ1v) is 9.84. The van der Waals surface area contributed by atoms with Gasteiger partial charge in [-0.05, 0) is 36.6 Å². The van der Waals surface area contributed by atoms with Crippen LogP contribution in [0.2, 0.25) is 0 Å². The molecule has 0 radical (unpaired) electrons. The molecule has 0 aromatic heterocycles. The maximum absolute atomic E-state index is 12.9. The zero-order valence-corrected chi connectivity index (χ0v) is 15.8. The summed E-state index contributed by atoms with van der Waals surface area (Å²) in [6, 6.07) is 10.9. The zero-order chi connectivity index (χ0) is 20.3. The summed E-state index contributed by atoms with van der Waals surface area (Å²) in [4.78, 5) is 49.7. The van der Waals surface area contributed by atoms with E-state index in [1.807, 2.05) is 6.26 Å². The molecule has 9 heteroatoms. The van der Waals surface area contributed by atoms with Crippen molar-refractivity contribution in [2.45, 2.75) is 12.5 Å². The van der Waals surface area contributed by atoms with Crippen LogP contribution < -0.4 is 5.32 Å². The van der Waals surface area contributed by atoms with E-state index in [4.69, 9.17) is 0 Å². The van der Waals surface area contributed by atoms with Crippen molar-refractivity contribution in [2.24, 2.45) is 0 Å². The molecular weight excluding hydrogens is 382 g/mol. The molecule has 1 atom stereocenters. The lowest BCUT2D eigenvalue weighted by molar-refractivity contribution is -0.384. The smallest absolute Gasteiger partial charge is 0.271 e. The number of imide groups is 1. The Morgan fingerprint density at radius 3 is 2.36 bits per heavy atom. The van der Waals surface area contributed by atoms with E-state index in [2.05, 4.69) is 5.32 Å². The normalized spacial score (nSPS) is 14.0. The minimum Gasteiger partial charge on any atom is -0.324 e. The molecule has 0 saturated heterocycles. The van der Waals surface area contributed by atoms with Crippen molar-refractivity contribution in [3.8, 4) is 0 Å². The third-order valence-electron chi connectivity index (χ3n) is 4.36. The van der Waals surface area contributed by atoms with Crippen LogP contribution in [0.4, 0.5) is 11.4 Å². The number of hydrogen-bond acceptors (Lipinski definition) is 6. The predicted molar refractivity (Wildman–Crippen MR) is 105 cm³/mol. The van der Waals surface area contributed by atoms with Crippen LogP contribution in [-0.4, -0.2) is 45.6 Å². The van der Waals surface area contributed by atoms with Crippen molar-refractivity contribution in [2.75, 3.05) is 17.3 Å². The molecule has 0 unspecified atom stereocenters. The summed E-state index contributed by atoms with van der Waals surface area (Å²) in [7, 11) is 0. The minimum atomic E-state index is -1.01. The van der Waals surface area contributed by atoms with Crippen molar-refractivity contribution in [1.82, 2.24) is 4.90 Å².